The van der Waals surface area contributed by atoms with Gasteiger partial charge in [-0.15, -0.1) is 0 Å². The summed E-state index contributed by atoms with van der Waals surface area (Å²) in [7, 11) is 1.66. The van der Waals surface area contributed by atoms with Crippen molar-refractivity contribution < 1.29 is 4.74 Å². The van der Waals surface area contributed by atoms with E-state index in [1.54, 1.807) is 13.2 Å². The van der Waals surface area contributed by atoms with Gasteiger partial charge in [0, 0.05) is 23.9 Å². The van der Waals surface area contributed by atoms with E-state index in [1.165, 1.54) is 21.4 Å². The number of benzene rings is 3. The van der Waals surface area contributed by atoms with Crippen LogP contribution in [0, 0.1) is 6.92 Å². The minimum absolute atomic E-state index is 0.174. The summed E-state index contributed by atoms with van der Waals surface area (Å²) in [6, 6.07) is 27.9. The molecule has 0 atom stereocenters. The number of nitrogens with zero attached hydrogens (tertiary/aromatic N) is 4. The Morgan fingerprint density at radius 3 is 2.38 bits per heavy atom. The van der Waals surface area contributed by atoms with Gasteiger partial charge in [-0.05, 0) is 36.8 Å². The second-order valence-electron chi connectivity index (χ2n) is 8.09. The van der Waals surface area contributed by atoms with Gasteiger partial charge < -0.3 is 9.64 Å². The Morgan fingerprint density at radius 2 is 1.68 bits per heavy atom. The molecule has 0 N–H and O–H groups in total. The average molecular weight is 469 g/mol. The first-order chi connectivity index (χ1) is 16.6. The summed E-state index contributed by atoms with van der Waals surface area (Å²) in [5.74, 6) is 0.824. The summed E-state index contributed by atoms with van der Waals surface area (Å²) in [5, 5.41) is 5.26. The molecule has 5 rings (SSSR count). The van der Waals surface area contributed by atoms with Crippen molar-refractivity contribution in [3.8, 4) is 16.3 Å². The molecular formula is C27H24N4O2S. The highest BCUT2D eigenvalue weighted by Crippen LogP contribution is 2.25. The van der Waals surface area contributed by atoms with E-state index in [2.05, 4.69) is 53.3 Å². The zero-order valence-electron chi connectivity index (χ0n) is 19.0. The summed E-state index contributed by atoms with van der Waals surface area (Å²) >= 11 is 1.42. The lowest BCUT2D eigenvalue weighted by atomic mass is 10.1. The summed E-state index contributed by atoms with van der Waals surface area (Å²) in [6.07, 6.45) is 0. The predicted molar refractivity (Wildman–Crippen MR) is 137 cm³/mol. The first-order valence-electron chi connectivity index (χ1n) is 11.0. The average Bonchev–Trinajstić information content (AvgIpc) is 3.30. The smallest absolute Gasteiger partial charge is 0.275 e. The summed E-state index contributed by atoms with van der Waals surface area (Å²) < 4.78 is 6.68. The van der Waals surface area contributed by atoms with Crippen LogP contribution in [0.4, 0.5) is 5.69 Å². The van der Waals surface area contributed by atoms with Crippen LogP contribution >= 0.6 is 11.3 Å². The van der Waals surface area contributed by atoms with Gasteiger partial charge in [-0.25, -0.2) is 4.98 Å². The zero-order valence-corrected chi connectivity index (χ0v) is 19.8. The van der Waals surface area contributed by atoms with Crippen LogP contribution in [0.1, 0.15) is 16.8 Å². The largest absolute Gasteiger partial charge is 0.497 e. The highest BCUT2D eigenvalue weighted by atomic mass is 32.1. The minimum atomic E-state index is -0.174. The van der Waals surface area contributed by atoms with E-state index in [0.717, 1.165) is 27.6 Å². The molecule has 0 aliphatic heterocycles. The Morgan fingerprint density at radius 1 is 0.941 bits per heavy atom. The Bertz CT molecular complexity index is 1460. The summed E-state index contributed by atoms with van der Waals surface area (Å²) in [4.78, 5) is 20.5. The number of hydrogen-bond donors (Lipinski definition) is 0. The van der Waals surface area contributed by atoms with Gasteiger partial charge in [-0.3, -0.25) is 4.79 Å². The summed E-state index contributed by atoms with van der Waals surface area (Å²) in [6.45, 7) is 3.24. The lowest BCUT2D eigenvalue weighted by Crippen LogP contribution is -2.25. The number of rotatable bonds is 7. The molecule has 6 nitrogen and oxygen atoms in total. The Labute approximate surface area is 201 Å². The van der Waals surface area contributed by atoms with Crippen LogP contribution in [-0.4, -0.2) is 21.7 Å². The van der Waals surface area contributed by atoms with Gasteiger partial charge in [0.1, 0.15) is 10.8 Å². The van der Waals surface area contributed by atoms with Gasteiger partial charge >= 0.3 is 0 Å². The predicted octanol–water partition coefficient (Wildman–Crippen LogP) is 5.34. The minimum Gasteiger partial charge on any atom is -0.497 e. The van der Waals surface area contributed by atoms with Crippen molar-refractivity contribution in [1.29, 1.82) is 0 Å². The first kappa shape index (κ1) is 21.9. The monoisotopic (exact) mass is 468 g/mol. The fourth-order valence-corrected chi connectivity index (χ4v) is 4.71. The standard InChI is InChI=1S/C27H24N4O2S/c1-19-8-12-23(13-9-19)30(17-20-10-14-24(33-2)15-11-20)18-22-16-25(32)31-27(28-22)34-26(29-31)21-6-4-3-5-7-21/h3-16H,17-18H2,1-2H3. The molecule has 2 heterocycles. The number of methoxy groups -OCH3 is 1. The summed E-state index contributed by atoms with van der Waals surface area (Å²) in [5.41, 5.74) is 4.92. The molecule has 0 aliphatic carbocycles. The van der Waals surface area contributed by atoms with Crippen LogP contribution in [0.2, 0.25) is 0 Å². The van der Waals surface area contributed by atoms with Crippen molar-refractivity contribution in [3.63, 3.8) is 0 Å². The normalized spacial score (nSPS) is 11.0. The molecule has 34 heavy (non-hydrogen) atoms. The van der Waals surface area contributed by atoms with Gasteiger partial charge in [-0.2, -0.15) is 9.61 Å². The van der Waals surface area contributed by atoms with E-state index in [9.17, 15) is 4.79 Å². The number of aromatic nitrogens is 3. The van der Waals surface area contributed by atoms with Crippen LogP contribution in [0.5, 0.6) is 5.75 Å². The van der Waals surface area contributed by atoms with Crippen molar-refractivity contribution in [3.05, 3.63) is 112 Å². The molecule has 0 unspecified atom stereocenters. The third-order valence-electron chi connectivity index (χ3n) is 5.60. The lowest BCUT2D eigenvalue weighted by Gasteiger charge is -2.25. The highest BCUT2D eigenvalue weighted by Gasteiger charge is 2.14. The quantitative estimate of drug-likeness (QED) is 0.323. The molecule has 170 valence electrons. The van der Waals surface area contributed by atoms with Crippen molar-refractivity contribution in [2.24, 2.45) is 0 Å². The molecule has 0 fully saturated rings. The van der Waals surface area contributed by atoms with Crippen molar-refractivity contribution in [1.82, 2.24) is 14.6 Å². The Balaban J connectivity index is 1.48. The van der Waals surface area contributed by atoms with E-state index in [0.29, 0.717) is 23.7 Å². The van der Waals surface area contributed by atoms with Crippen molar-refractivity contribution >= 4 is 22.0 Å². The van der Waals surface area contributed by atoms with Crippen LogP contribution in [-0.2, 0) is 13.1 Å². The van der Waals surface area contributed by atoms with Crippen LogP contribution in [0.25, 0.3) is 15.5 Å². The SMILES string of the molecule is COc1ccc(CN(Cc2cc(=O)n3nc(-c4ccccc4)sc3n2)c2ccc(C)cc2)cc1. The second-order valence-corrected chi connectivity index (χ2v) is 9.05. The second kappa shape index (κ2) is 9.49. The highest BCUT2D eigenvalue weighted by molar-refractivity contribution is 7.19. The van der Waals surface area contributed by atoms with Gasteiger partial charge in [-0.1, -0.05) is 71.5 Å². The van der Waals surface area contributed by atoms with E-state index in [1.807, 2.05) is 42.5 Å². The molecule has 0 saturated heterocycles. The molecular weight excluding hydrogens is 444 g/mol. The molecule has 2 aromatic heterocycles. The molecule has 0 spiro atoms. The maximum absolute atomic E-state index is 12.9. The van der Waals surface area contributed by atoms with Crippen LogP contribution in [0.3, 0.4) is 0 Å². The van der Waals surface area contributed by atoms with E-state index < -0.39 is 0 Å². The topological polar surface area (TPSA) is 59.7 Å². The van der Waals surface area contributed by atoms with Crippen LogP contribution < -0.4 is 15.2 Å². The molecule has 0 aliphatic rings. The number of hydrogen-bond acceptors (Lipinski definition) is 6. The fraction of sp³-hybridized carbons (Fsp3) is 0.148. The number of aryl methyl sites for hydroxylation is 1. The number of fused-ring (bicyclic) bond motifs is 1. The van der Waals surface area contributed by atoms with Gasteiger partial charge in [0.2, 0.25) is 4.96 Å². The molecule has 0 radical (unpaired) electrons. The van der Waals surface area contributed by atoms with Crippen LogP contribution in [0.15, 0.2) is 89.7 Å². The van der Waals surface area contributed by atoms with Crippen molar-refractivity contribution in [2.75, 3.05) is 12.0 Å². The molecule has 5 aromatic rings. The maximum atomic E-state index is 12.9. The molecule has 0 amide bonds. The van der Waals surface area contributed by atoms with Crippen molar-refractivity contribution in [2.45, 2.75) is 20.0 Å². The lowest BCUT2D eigenvalue weighted by molar-refractivity contribution is 0.414. The number of anilines is 1. The molecule has 0 bridgehead atoms. The third kappa shape index (κ3) is 4.70. The number of ether oxygens (including phenoxy) is 1. The van der Waals surface area contributed by atoms with E-state index in [4.69, 9.17) is 9.72 Å². The van der Waals surface area contributed by atoms with Gasteiger partial charge in [0.15, 0.2) is 0 Å². The molecule has 3 aromatic carbocycles. The molecule has 0 saturated carbocycles. The Hall–Kier alpha value is -3.97. The zero-order chi connectivity index (χ0) is 23.5. The van der Waals surface area contributed by atoms with E-state index >= 15 is 0 Å². The maximum Gasteiger partial charge on any atom is 0.275 e. The third-order valence-corrected chi connectivity index (χ3v) is 6.56. The van der Waals surface area contributed by atoms with E-state index in [-0.39, 0.29) is 5.56 Å². The molecule has 7 heteroatoms. The fourth-order valence-electron chi connectivity index (χ4n) is 3.78. The first-order valence-corrected chi connectivity index (χ1v) is 11.8. The van der Waals surface area contributed by atoms with Gasteiger partial charge in [0.05, 0.1) is 19.3 Å². The van der Waals surface area contributed by atoms with Gasteiger partial charge in [0.25, 0.3) is 5.56 Å². The Kier molecular flexibility index (Phi) is 6.10.